The Balaban J connectivity index is 3.74. The summed E-state index contributed by atoms with van der Waals surface area (Å²) in [7, 11) is 0. The van der Waals surface area contributed by atoms with E-state index in [1.165, 1.54) is 0 Å². The molecule has 0 aliphatic heterocycles. The van der Waals surface area contributed by atoms with E-state index in [1.54, 1.807) is 13.0 Å². The minimum absolute atomic E-state index is 0.107. The molecule has 0 bridgehead atoms. The second-order valence-corrected chi connectivity index (χ2v) is 2.42. The number of nitrogen functional groups attached to an aromatic ring is 1. The molecule has 0 atom stereocenters. The summed E-state index contributed by atoms with van der Waals surface area (Å²) in [6.45, 7) is 1.71. The van der Waals surface area contributed by atoms with Crippen LogP contribution in [-0.4, -0.2) is 9.66 Å². The first-order valence-corrected chi connectivity index (χ1v) is 3.65. The van der Waals surface area contributed by atoms with E-state index in [1.807, 2.05) is 4.98 Å². The number of H-pyrrole nitrogens is 1. The van der Waals surface area contributed by atoms with Crippen molar-refractivity contribution in [3.8, 4) is 6.07 Å². The number of nitrogens with zero attached hydrogens (tertiary/aromatic N) is 2. The average Bonchev–Trinajstić information content (AvgIpc) is 2.10. The molecule has 0 amide bonds. The molecule has 0 radical (unpaired) electrons. The third-order valence-corrected chi connectivity index (χ3v) is 1.69. The highest BCUT2D eigenvalue weighted by molar-refractivity contribution is 5.30. The molecule has 0 spiro atoms. The molecule has 0 aromatic carbocycles. The highest BCUT2D eigenvalue weighted by atomic mass is 16.2. The molecule has 6 heteroatoms. The molecular formula is C7H8N4O2. The highest BCUT2D eigenvalue weighted by Crippen LogP contribution is 1.97. The first kappa shape index (κ1) is 9.06. The van der Waals surface area contributed by atoms with Crippen molar-refractivity contribution < 1.29 is 0 Å². The molecule has 1 aromatic heterocycles. The number of aromatic nitrogens is 2. The monoisotopic (exact) mass is 180 g/mol. The molecule has 13 heavy (non-hydrogen) atoms. The zero-order valence-electron chi connectivity index (χ0n) is 7.00. The van der Waals surface area contributed by atoms with Crippen LogP contribution in [0.4, 0.5) is 0 Å². The average molecular weight is 180 g/mol. The van der Waals surface area contributed by atoms with Gasteiger partial charge in [-0.2, -0.15) is 5.26 Å². The van der Waals surface area contributed by atoms with E-state index in [0.29, 0.717) is 6.42 Å². The summed E-state index contributed by atoms with van der Waals surface area (Å²) in [5.74, 6) is 5.32. The lowest BCUT2D eigenvalue weighted by Crippen LogP contribution is -2.38. The van der Waals surface area contributed by atoms with Crippen LogP contribution >= 0.6 is 0 Å². The summed E-state index contributed by atoms with van der Waals surface area (Å²) < 4.78 is 0.778. The Morgan fingerprint density at radius 1 is 1.62 bits per heavy atom. The molecule has 3 N–H and O–H groups in total. The van der Waals surface area contributed by atoms with Crippen LogP contribution in [-0.2, 0) is 6.42 Å². The van der Waals surface area contributed by atoms with Crippen LogP contribution in [0.2, 0.25) is 0 Å². The minimum Gasteiger partial charge on any atom is -0.335 e. The molecule has 6 nitrogen and oxygen atoms in total. The van der Waals surface area contributed by atoms with Gasteiger partial charge in [-0.05, 0) is 6.42 Å². The van der Waals surface area contributed by atoms with Crippen molar-refractivity contribution in [3.63, 3.8) is 0 Å². The molecule has 0 fully saturated rings. The molecule has 0 aliphatic carbocycles. The van der Waals surface area contributed by atoms with Gasteiger partial charge in [-0.3, -0.25) is 9.78 Å². The topological polar surface area (TPSA) is 105 Å². The van der Waals surface area contributed by atoms with Gasteiger partial charge in [-0.15, -0.1) is 0 Å². The molecule has 0 unspecified atom stereocenters. The number of nitrogens with two attached hydrogens (primary N) is 1. The zero-order valence-corrected chi connectivity index (χ0v) is 7.00. The Morgan fingerprint density at radius 2 is 2.23 bits per heavy atom. The van der Waals surface area contributed by atoms with Gasteiger partial charge in [0.25, 0.3) is 5.56 Å². The Hall–Kier alpha value is -2.03. The van der Waals surface area contributed by atoms with Gasteiger partial charge in [0, 0.05) is 0 Å². The Bertz CT molecular complexity index is 477. The van der Waals surface area contributed by atoms with Gasteiger partial charge < -0.3 is 5.84 Å². The normalized spacial score (nSPS) is 9.54. The van der Waals surface area contributed by atoms with Crippen LogP contribution < -0.4 is 17.1 Å². The lowest BCUT2D eigenvalue weighted by Gasteiger charge is -2.04. The summed E-state index contributed by atoms with van der Waals surface area (Å²) in [4.78, 5) is 24.0. The molecule has 1 rings (SSSR count). The SMILES string of the molecule is CCc1c(C#N)c(=O)[nH]c(=O)n1N. The molecular weight excluding hydrogens is 172 g/mol. The quantitative estimate of drug-likeness (QED) is 0.523. The van der Waals surface area contributed by atoms with Crippen LogP contribution in [0.3, 0.4) is 0 Å². The lowest BCUT2D eigenvalue weighted by atomic mass is 10.2. The first-order chi connectivity index (χ1) is 6.11. The Kier molecular flexibility index (Phi) is 2.19. The van der Waals surface area contributed by atoms with E-state index in [2.05, 4.69) is 0 Å². The van der Waals surface area contributed by atoms with E-state index in [4.69, 9.17) is 11.1 Å². The molecule has 68 valence electrons. The summed E-state index contributed by atoms with van der Waals surface area (Å²) >= 11 is 0. The van der Waals surface area contributed by atoms with Gasteiger partial charge in [-0.25, -0.2) is 9.47 Å². The standard InChI is InChI=1S/C7H8N4O2/c1-2-5-4(3-8)6(12)10-7(13)11(5)9/h2,9H2,1H3,(H,10,12,13). The number of hydrogen-bond acceptors (Lipinski definition) is 4. The third kappa shape index (κ3) is 1.31. The van der Waals surface area contributed by atoms with E-state index < -0.39 is 11.2 Å². The van der Waals surface area contributed by atoms with Crippen molar-refractivity contribution in [2.75, 3.05) is 5.84 Å². The zero-order chi connectivity index (χ0) is 10.0. The molecule has 1 aromatic rings. The van der Waals surface area contributed by atoms with Crippen LogP contribution in [0.5, 0.6) is 0 Å². The van der Waals surface area contributed by atoms with Crippen LogP contribution in [0.25, 0.3) is 0 Å². The van der Waals surface area contributed by atoms with Crippen molar-refractivity contribution in [2.45, 2.75) is 13.3 Å². The van der Waals surface area contributed by atoms with Crippen molar-refractivity contribution in [1.82, 2.24) is 9.66 Å². The van der Waals surface area contributed by atoms with Gasteiger partial charge >= 0.3 is 5.69 Å². The number of nitrogens with one attached hydrogen (secondary N) is 1. The fourth-order valence-electron chi connectivity index (χ4n) is 1.06. The fraction of sp³-hybridized carbons (Fsp3) is 0.286. The van der Waals surface area contributed by atoms with E-state index in [-0.39, 0.29) is 11.3 Å². The van der Waals surface area contributed by atoms with Gasteiger partial charge in [-0.1, -0.05) is 6.92 Å². The first-order valence-electron chi connectivity index (χ1n) is 3.65. The van der Waals surface area contributed by atoms with Crippen molar-refractivity contribution in [1.29, 1.82) is 5.26 Å². The number of aromatic amines is 1. The van der Waals surface area contributed by atoms with Crippen LogP contribution in [0.1, 0.15) is 18.2 Å². The van der Waals surface area contributed by atoms with Gasteiger partial charge in [0.1, 0.15) is 11.6 Å². The van der Waals surface area contributed by atoms with Crippen LogP contribution in [0, 0.1) is 11.3 Å². The van der Waals surface area contributed by atoms with Crippen LogP contribution in [0.15, 0.2) is 9.59 Å². The number of rotatable bonds is 1. The number of hydrogen-bond donors (Lipinski definition) is 2. The minimum atomic E-state index is -0.708. The van der Waals surface area contributed by atoms with E-state index in [9.17, 15) is 9.59 Å². The smallest absolute Gasteiger partial charge is 0.335 e. The predicted molar refractivity (Wildman–Crippen MR) is 45.6 cm³/mol. The van der Waals surface area contributed by atoms with Crippen molar-refractivity contribution in [2.24, 2.45) is 0 Å². The molecule has 0 saturated heterocycles. The second-order valence-electron chi connectivity index (χ2n) is 2.42. The lowest BCUT2D eigenvalue weighted by molar-refractivity contribution is 0.778. The summed E-state index contributed by atoms with van der Waals surface area (Å²) in [6.07, 6.45) is 0.360. The van der Waals surface area contributed by atoms with Crippen molar-refractivity contribution in [3.05, 3.63) is 32.1 Å². The molecule has 0 aliphatic rings. The third-order valence-electron chi connectivity index (χ3n) is 1.69. The summed E-state index contributed by atoms with van der Waals surface area (Å²) in [6, 6.07) is 1.70. The largest absolute Gasteiger partial charge is 0.346 e. The highest BCUT2D eigenvalue weighted by Gasteiger charge is 2.10. The maximum atomic E-state index is 11.1. The van der Waals surface area contributed by atoms with E-state index >= 15 is 0 Å². The van der Waals surface area contributed by atoms with E-state index in [0.717, 1.165) is 4.68 Å². The fourth-order valence-corrected chi connectivity index (χ4v) is 1.06. The second kappa shape index (κ2) is 3.15. The van der Waals surface area contributed by atoms with Crippen molar-refractivity contribution >= 4 is 0 Å². The summed E-state index contributed by atoms with van der Waals surface area (Å²) in [5.41, 5.74) is -1.26. The predicted octanol–water partition coefficient (Wildman–Crippen LogP) is -1.32. The maximum Gasteiger partial charge on any atom is 0.346 e. The summed E-state index contributed by atoms with van der Waals surface area (Å²) in [5, 5.41) is 8.60. The van der Waals surface area contributed by atoms with Gasteiger partial charge in [0.05, 0.1) is 5.69 Å². The van der Waals surface area contributed by atoms with Gasteiger partial charge in [0.2, 0.25) is 0 Å². The Labute approximate surface area is 73.2 Å². The maximum absolute atomic E-state index is 11.1. The molecule has 0 saturated carbocycles. The Morgan fingerprint density at radius 3 is 2.69 bits per heavy atom. The number of nitriles is 1. The van der Waals surface area contributed by atoms with Gasteiger partial charge in [0.15, 0.2) is 0 Å². The molecule has 1 heterocycles.